The summed E-state index contributed by atoms with van der Waals surface area (Å²) in [6, 6.07) is 0. The molecule has 1 saturated carbocycles. The Labute approximate surface area is 91.5 Å². The Morgan fingerprint density at radius 3 is 2.80 bits per heavy atom. The van der Waals surface area contributed by atoms with Crippen molar-refractivity contribution in [3.8, 4) is 0 Å². The first-order chi connectivity index (χ1) is 7.26. The zero-order chi connectivity index (χ0) is 11.1. The summed E-state index contributed by atoms with van der Waals surface area (Å²) in [5.41, 5.74) is 5.43. The number of nitrogens with one attached hydrogen (secondary N) is 1. The van der Waals surface area contributed by atoms with Gasteiger partial charge in [0, 0.05) is 20.2 Å². The summed E-state index contributed by atoms with van der Waals surface area (Å²) in [6.45, 7) is 1.19. The Bertz CT molecular complexity index is 189. The van der Waals surface area contributed by atoms with Crippen LogP contribution >= 0.6 is 0 Å². The van der Waals surface area contributed by atoms with Gasteiger partial charge in [-0.15, -0.1) is 0 Å². The summed E-state index contributed by atoms with van der Waals surface area (Å²) < 4.78 is 5.04. The maximum atomic E-state index is 11.4. The van der Waals surface area contributed by atoms with Gasteiger partial charge in [-0.2, -0.15) is 0 Å². The summed E-state index contributed by atoms with van der Waals surface area (Å²) in [5.74, 6) is 0.893. The summed E-state index contributed by atoms with van der Waals surface area (Å²) >= 11 is 0. The number of methoxy groups -OCH3 is 1. The fraction of sp³-hybridized carbons (Fsp3) is 0.909. The minimum atomic E-state index is -0.145. The molecule has 0 saturated heterocycles. The van der Waals surface area contributed by atoms with E-state index in [1.54, 1.807) is 7.11 Å². The molecule has 1 atom stereocenters. The summed E-state index contributed by atoms with van der Waals surface area (Å²) in [6.07, 6.45) is 5.37. The molecule has 0 aliphatic heterocycles. The molecule has 1 aliphatic rings. The molecule has 0 aromatic heterocycles. The van der Waals surface area contributed by atoms with E-state index in [2.05, 4.69) is 5.32 Å². The summed E-state index contributed by atoms with van der Waals surface area (Å²) in [7, 11) is 1.58. The van der Waals surface area contributed by atoms with Crippen molar-refractivity contribution in [1.82, 2.24) is 5.32 Å². The Kier molecular flexibility index (Phi) is 5.65. The van der Waals surface area contributed by atoms with Gasteiger partial charge in [0.1, 0.15) is 0 Å². The fourth-order valence-corrected chi connectivity index (χ4v) is 1.74. The molecule has 3 N–H and O–H groups in total. The Balaban J connectivity index is 2.01. The van der Waals surface area contributed by atoms with E-state index in [0.29, 0.717) is 13.0 Å². The van der Waals surface area contributed by atoms with Crippen LogP contribution in [0.1, 0.15) is 32.1 Å². The highest BCUT2D eigenvalue weighted by Crippen LogP contribution is 2.28. The lowest BCUT2D eigenvalue weighted by Gasteiger charge is -2.25. The minimum absolute atomic E-state index is 0.0478. The molecular formula is C11H22N2O2. The van der Waals surface area contributed by atoms with Crippen LogP contribution in [-0.2, 0) is 9.53 Å². The van der Waals surface area contributed by atoms with Gasteiger partial charge in [0.2, 0.25) is 5.91 Å². The van der Waals surface area contributed by atoms with Crippen LogP contribution in [0.15, 0.2) is 0 Å². The second kappa shape index (κ2) is 6.80. The normalized spacial score (nSPS) is 18.3. The topological polar surface area (TPSA) is 64.3 Å². The molecule has 1 rings (SSSR count). The quantitative estimate of drug-likeness (QED) is 0.654. The molecule has 0 aromatic rings. The van der Waals surface area contributed by atoms with Gasteiger partial charge in [0.25, 0.3) is 0 Å². The maximum Gasteiger partial charge on any atom is 0.222 e. The fourth-order valence-electron chi connectivity index (χ4n) is 1.74. The SMILES string of the molecule is COC(CN)CC(=O)NCCC1CCC1. The highest BCUT2D eigenvalue weighted by atomic mass is 16.5. The van der Waals surface area contributed by atoms with Crippen molar-refractivity contribution in [1.29, 1.82) is 0 Å². The van der Waals surface area contributed by atoms with Crippen LogP contribution in [-0.4, -0.2) is 32.2 Å². The average Bonchev–Trinajstić information content (AvgIpc) is 2.18. The number of hydrogen-bond acceptors (Lipinski definition) is 3. The standard InChI is InChI=1S/C11H22N2O2/c1-15-10(8-12)7-11(14)13-6-5-9-3-2-4-9/h9-10H,2-8,12H2,1H3,(H,13,14). The van der Waals surface area contributed by atoms with Gasteiger partial charge in [-0.1, -0.05) is 19.3 Å². The van der Waals surface area contributed by atoms with Crippen molar-refractivity contribution >= 4 is 5.91 Å². The van der Waals surface area contributed by atoms with Crippen LogP contribution in [0.2, 0.25) is 0 Å². The molecule has 0 radical (unpaired) electrons. The third kappa shape index (κ3) is 4.62. The first-order valence-electron chi connectivity index (χ1n) is 5.75. The Morgan fingerprint density at radius 1 is 1.60 bits per heavy atom. The molecule has 0 bridgehead atoms. The van der Waals surface area contributed by atoms with E-state index in [1.165, 1.54) is 19.3 Å². The van der Waals surface area contributed by atoms with Gasteiger partial charge < -0.3 is 15.8 Å². The first-order valence-corrected chi connectivity index (χ1v) is 5.75. The molecule has 15 heavy (non-hydrogen) atoms. The highest BCUT2D eigenvalue weighted by Gasteiger charge is 2.17. The third-order valence-electron chi connectivity index (χ3n) is 3.11. The van der Waals surface area contributed by atoms with Gasteiger partial charge in [0.05, 0.1) is 12.5 Å². The van der Waals surface area contributed by atoms with E-state index < -0.39 is 0 Å². The third-order valence-corrected chi connectivity index (χ3v) is 3.11. The molecule has 0 heterocycles. The monoisotopic (exact) mass is 214 g/mol. The number of ether oxygens (including phenoxy) is 1. The molecule has 1 fully saturated rings. The predicted molar refractivity (Wildman–Crippen MR) is 59.4 cm³/mol. The van der Waals surface area contributed by atoms with Crippen LogP contribution in [0.25, 0.3) is 0 Å². The molecule has 1 amide bonds. The lowest BCUT2D eigenvalue weighted by Crippen LogP contribution is -2.33. The average molecular weight is 214 g/mol. The number of carbonyl (C=O) groups excluding carboxylic acids is 1. The van der Waals surface area contributed by atoms with Gasteiger partial charge in [0.15, 0.2) is 0 Å². The van der Waals surface area contributed by atoms with Gasteiger partial charge in [-0.05, 0) is 12.3 Å². The van der Waals surface area contributed by atoms with Gasteiger partial charge in [-0.3, -0.25) is 4.79 Å². The predicted octanol–water partition coefficient (Wildman–Crippen LogP) is 0.657. The van der Waals surface area contributed by atoms with Crippen molar-refractivity contribution in [3.05, 3.63) is 0 Å². The van der Waals surface area contributed by atoms with Crippen molar-refractivity contribution in [2.75, 3.05) is 20.2 Å². The minimum Gasteiger partial charge on any atom is -0.380 e. The first kappa shape index (κ1) is 12.5. The molecule has 0 aromatic carbocycles. The molecule has 1 aliphatic carbocycles. The van der Waals surface area contributed by atoms with Crippen LogP contribution in [0.5, 0.6) is 0 Å². The number of rotatable bonds is 7. The lowest BCUT2D eigenvalue weighted by atomic mass is 9.83. The largest absolute Gasteiger partial charge is 0.380 e. The Morgan fingerprint density at radius 2 is 2.33 bits per heavy atom. The highest BCUT2D eigenvalue weighted by molar-refractivity contribution is 5.76. The zero-order valence-electron chi connectivity index (χ0n) is 9.50. The number of hydrogen-bond donors (Lipinski definition) is 2. The second-order valence-electron chi connectivity index (χ2n) is 4.23. The molecule has 4 heteroatoms. The van der Waals surface area contributed by atoms with Crippen LogP contribution in [0.4, 0.5) is 0 Å². The molecule has 0 spiro atoms. The zero-order valence-corrected chi connectivity index (χ0v) is 9.50. The number of amides is 1. The van der Waals surface area contributed by atoms with Crippen molar-refractivity contribution < 1.29 is 9.53 Å². The molecule has 4 nitrogen and oxygen atoms in total. The number of nitrogens with two attached hydrogens (primary N) is 1. The van der Waals surface area contributed by atoms with E-state index in [-0.39, 0.29) is 12.0 Å². The lowest BCUT2D eigenvalue weighted by molar-refractivity contribution is -0.123. The van der Waals surface area contributed by atoms with Gasteiger partial charge >= 0.3 is 0 Å². The van der Waals surface area contributed by atoms with E-state index >= 15 is 0 Å². The smallest absolute Gasteiger partial charge is 0.222 e. The molecule has 1 unspecified atom stereocenters. The van der Waals surface area contributed by atoms with E-state index in [9.17, 15) is 4.79 Å². The van der Waals surface area contributed by atoms with Crippen LogP contribution in [0.3, 0.4) is 0 Å². The van der Waals surface area contributed by atoms with E-state index in [0.717, 1.165) is 18.9 Å². The van der Waals surface area contributed by atoms with Crippen molar-refractivity contribution in [2.45, 2.75) is 38.2 Å². The summed E-state index contributed by atoms with van der Waals surface area (Å²) in [5, 5.41) is 2.91. The Hall–Kier alpha value is -0.610. The molecule has 88 valence electrons. The van der Waals surface area contributed by atoms with Crippen molar-refractivity contribution in [2.24, 2.45) is 11.7 Å². The van der Waals surface area contributed by atoms with Gasteiger partial charge in [-0.25, -0.2) is 0 Å². The van der Waals surface area contributed by atoms with Crippen LogP contribution < -0.4 is 11.1 Å². The molecular weight excluding hydrogens is 192 g/mol. The van der Waals surface area contributed by atoms with Crippen LogP contribution in [0, 0.1) is 5.92 Å². The van der Waals surface area contributed by atoms with E-state index in [4.69, 9.17) is 10.5 Å². The second-order valence-corrected chi connectivity index (χ2v) is 4.23. The van der Waals surface area contributed by atoms with E-state index in [1.807, 2.05) is 0 Å². The summed E-state index contributed by atoms with van der Waals surface area (Å²) in [4.78, 5) is 11.4. The number of carbonyl (C=O) groups is 1. The maximum absolute atomic E-state index is 11.4. The van der Waals surface area contributed by atoms with Crippen molar-refractivity contribution in [3.63, 3.8) is 0 Å².